The number of carbonyl (C=O) groups excluding carboxylic acids is 1. The predicted molar refractivity (Wildman–Crippen MR) is 116 cm³/mol. The number of aromatic nitrogens is 1. The van der Waals surface area contributed by atoms with E-state index in [0.29, 0.717) is 46.4 Å². The quantitative estimate of drug-likeness (QED) is 0.423. The van der Waals surface area contributed by atoms with Crippen LogP contribution in [-0.2, 0) is 4.74 Å². The van der Waals surface area contributed by atoms with Gasteiger partial charge < -0.3 is 20.1 Å². The van der Waals surface area contributed by atoms with Gasteiger partial charge in [0.1, 0.15) is 5.75 Å². The van der Waals surface area contributed by atoms with E-state index in [9.17, 15) is 18.0 Å². The number of benzene rings is 2. The van der Waals surface area contributed by atoms with Crippen LogP contribution in [0.15, 0.2) is 60.8 Å². The minimum Gasteiger partial charge on any atom is -0.406 e. The molecule has 0 atom stereocenters. The first-order valence-electron chi connectivity index (χ1n) is 9.42. The third-order valence-corrected chi connectivity index (χ3v) is 4.57. The van der Waals surface area contributed by atoms with Crippen molar-refractivity contribution in [3.8, 4) is 17.0 Å². The second-order valence-electron chi connectivity index (χ2n) is 6.54. The zero-order valence-electron chi connectivity index (χ0n) is 16.9. The average Bonchev–Trinajstić information content (AvgIpc) is 2.74. The maximum absolute atomic E-state index is 12.9. The summed E-state index contributed by atoms with van der Waals surface area (Å²) in [6.07, 6.45) is -3.17. The first kappa shape index (κ1) is 23.4. The van der Waals surface area contributed by atoms with Crippen molar-refractivity contribution in [2.24, 2.45) is 0 Å². The third kappa shape index (κ3) is 6.35. The van der Waals surface area contributed by atoms with Crippen molar-refractivity contribution in [3.05, 3.63) is 71.4 Å². The first-order valence-corrected chi connectivity index (χ1v) is 9.79. The lowest BCUT2D eigenvalue weighted by Gasteiger charge is -2.15. The molecule has 0 saturated carbocycles. The van der Waals surface area contributed by atoms with Crippen molar-refractivity contribution >= 4 is 28.9 Å². The minimum absolute atomic E-state index is 0.309. The van der Waals surface area contributed by atoms with Crippen LogP contribution in [0.25, 0.3) is 11.3 Å². The number of nitrogens with one attached hydrogen (secondary N) is 2. The summed E-state index contributed by atoms with van der Waals surface area (Å²) in [4.78, 5) is 17.1. The Balaban J connectivity index is 1.83. The molecule has 1 amide bonds. The van der Waals surface area contributed by atoms with Gasteiger partial charge in [0.2, 0.25) is 0 Å². The number of amides is 1. The molecule has 1 heterocycles. The summed E-state index contributed by atoms with van der Waals surface area (Å²) in [5, 5.41) is 6.27. The van der Waals surface area contributed by atoms with E-state index in [1.807, 2.05) is 0 Å². The predicted octanol–water partition coefficient (Wildman–Crippen LogP) is 5.61. The van der Waals surface area contributed by atoms with Gasteiger partial charge >= 0.3 is 6.36 Å². The summed E-state index contributed by atoms with van der Waals surface area (Å²) in [7, 11) is 1.56. The van der Waals surface area contributed by atoms with E-state index in [4.69, 9.17) is 16.3 Å². The summed E-state index contributed by atoms with van der Waals surface area (Å²) >= 11 is 6.24. The minimum atomic E-state index is -4.79. The molecule has 3 aromatic rings. The maximum Gasteiger partial charge on any atom is 0.573 e. The number of ether oxygens (including phenoxy) is 2. The lowest BCUT2D eigenvalue weighted by molar-refractivity contribution is -0.274. The lowest BCUT2D eigenvalue weighted by Crippen LogP contribution is -2.18. The number of hydrogen-bond acceptors (Lipinski definition) is 5. The molecule has 0 aliphatic carbocycles. The molecule has 1 aromatic heterocycles. The highest BCUT2D eigenvalue weighted by Crippen LogP contribution is 2.30. The number of alkyl halides is 3. The van der Waals surface area contributed by atoms with Crippen LogP contribution in [0.1, 0.15) is 10.4 Å². The van der Waals surface area contributed by atoms with Crippen molar-refractivity contribution in [1.82, 2.24) is 4.98 Å². The molecule has 0 bridgehead atoms. The number of rotatable bonds is 8. The first-order chi connectivity index (χ1) is 15.3. The van der Waals surface area contributed by atoms with E-state index in [0.717, 1.165) is 12.1 Å². The molecule has 168 valence electrons. The van der Waals surface area contributed by atoms with Crippen molar-refractivity contribution in [2.45, 2.75) is 6.36 Å². The fraction of sp³-hybridized carbons (Fsp3) is 0.182. The zero-order valence-corrected chi connectivity index (χ0v) is 17.6. The number of hydrogen-bond donors (Lipinski definition) is 2. The lowest BCUT2D eigenvalue weighted by atomic mass is 10.0. The Morgan fingerprint density at radius 1 is 1.12 bits per heavy atom. The van der Waals surface area contributed by atoms with Crippen molar-refractivity contribution in [3.63, 3.8) is 0 Å². The molecular weight excluding hydrogens is 447 g/mol. The van der Waals surface area contributed by atoms with Gasteiger partial charge in [0, 0.05) is 36.8 Å². The van der Waals surface area contributed by atoms with Crippen LogP contribution in [0.3, 0.4) is 0 Å². The molecule has 0 aliphatic heterocycles. The standard InChI is InChI=1S/C22H19ClF3N3O3/c1-31-12-11-27-19-13-14(20-18(23)3-2-10-28-20)4-9-17(19)21(30)29-15-5-7-16(8-6-15)32-22(24,25)26/h2-10,13,27H,11-12H2,1H3,(H,29,30). The number of anilines is 2. The van der Waals surface area contributed by atoms with Crippen LogP contribution in [0.2, 0.25) is 5.02 Å². The van der Waals surface area contributed by atoms with Gasteiger partial charge in [0.05, 0.1) is 22.9 Å². The van der Waals surface area contributed by atoms with Gasteiger partial charge in [-0.25, -0.2) is 0 Å². The zero-order chi connectivity index (χ0) is 23.1. The average molecular weight is 466 g/mol. The summed E-state index contributed by atoms with van der Waals surface area (Å²) in [5.41, 5.74) is 2.43. The highest BCUT2D eigenvalue weighted by atomic mass is 35.5. The Morgan fingerprint density at radius 3 is 2.53 bits per heavy atom. The molecule has 2 N–H and O–H groups in total. The highest BCUT2D eigenvalue weighted by Gasteiger charge is 2.31. The van der Waals surface area contributed by atoms with Gasteiger partial charge in [-0.05, 0) is 48.5 Å². The van der Waals surface area contributed by atoms with E-state index in [2.05, 4.69) is 20.4 Å². The molecule has 0 spiro atoms. The Kier molecular flexibility index (Phi) is 7.55. The van der Waals surface area contributed by atoms with E-state index in [1.165, 1.54) is 12.1 Å². The van der Waals surface area contributed by atoms with Gasteiger partial charge in [-0.3, -0.25) is 9.78 Å². The SMILES string of the molecule is COCCNc1cc(-c2ncccc2Cl)ccc1C(=O)Nc1ccc(OC(F)(F)F)cc1. The van der Waals surface area contributed by atoms with Crippen LogP contribution < -0.4 is 15.4 Å². The summed E-state index contributed by atoms with van der Waals surface area (Å²) in [6.45, 7) is 0.857. The normalized spacial score (nSPS) is 11.2. The molecule has 0 unspecified atom stereocenters. The second-order valence-corrected chi connectivity index (χ2v) is 6.95. The topological polar surface area (TPSA) is 72.5 Å². The smallest absolute Gasteiger partial charge is 0.406 e. The Morgan fingerprint density at radius 2 is 1.88 bits per heavy atom. The molecule has 2 aromatic carbocycles. The fourth-order valence-corrected chi connectivity index (χ4v) is 3.09. The van der Waals surface area contributed by atoms with Gasteiger partial charge in [-0.15, -0.1) is 13.2 Å². The van der Waals surface area contributed by atoms with Crippen LogP contribution in [-0.4, -0.2) is 37.5 Å². The summed E-state index contributed by atoms with van der Waals surface area (Å²) in [5.74, 6) is -0.831. The fourth-order valence-electron chi connectivity index (χ4n) is 2.86. The number of carbonyl (C=O) groups is 1. The van der Waals surface area contributed by atoms with Crippen molar-refractivity contribution in [1.29, 1.82) is 0 Å². The maximum atomic E-state index is 12.9. The summed E-state index contributed by atoms with van der Waals surface area (Å²) < 4.78 is 45.8. The van der Waals surface area contributed by atoms with Crippen LogP contribution in [0, 0.1) is 0 Å². The molecule has 32 heavy (non-hydrogen) atoms. The molecular formula is C22H19ClF3N3O3. The molecule has 0 fully saturated rings. The molecule has 10 heteroatoms. The molecule has 6 nitrogen and oxygen atoms in total. The van der Waals surface area contributed by atoms with E-state index < -0.39 is 12.3 Å². The highest BCUT2D eigenvalue weighted by molar-refractivity contribution is 6.33. The largest absolute Gasteiger partial charge is 0.573 e. The molecule has 0 aliphatic rings. The van der Waals surface area contributed by atoms with Gasteiger partial charge in [0.25, 0.3) is 5.91 Å². The number of halogens is 4. The van der Waals surface area contributed by atoms with Crippen LogP contribution in [0.5, 0.6) is 5.75 Å². The monoisotopic (exact) mass is 465 g/mol. The van der Waals surface area contributed by atoms with E-state index >= 15 is 0 Å². The summed E-state index contributed by atoms with van der Waals surface area (Å²) in [6, 6.07) is 13.4. The number of methoxy groups -OCH3 is 1. The van der Waals surface area contributed by atoms with Crippen LogP contribution >= 0.6 is 11.6 Å². The number of nitrogens with zero attached hydrogens (tertiary/aromatic N) is 1. The molecule has 0 saturated heterocycles. The van der Waals surface area contributed by atoms with Crippen LogP contribution in [0.4, 0.5) is 24.5 Å². The Hall–Kier alpha value is -3.30. The van der Waals surface area contributed by atoms with E-state index in [-0.39, 0.29) is 5.75 Å². The number of pyridine rings is 1. The third-order valence-electron chi connectivity index (χ3n) is 4.26. The Labute approximate surface area is 187 Å². The molecule has 0 radical (unpaired) electrons. The van der Waals surface area contributed by atoms with E-state index in [1.54, 1.807) is 43.6 Å². The molecule has 3 rings (SSSR count). The van der Waals surface area contributed by atoms with Crippen molar-refractivity contribution in [2.75, 3.05) is 30.9 Å². The van der Waals surface area contributed by atoms with Gasteiger partial charge in [0.15, 0.2) is 0 Å². The second kappa shape index (κ2) is 10.3. The Bertz CT molecular complexity index is 1080. The van der Waals surface area contributed by atoms with Gasteiger partial charge in [-0.1, -0.05) is 17.7 Å². The van der Waals surface area contributed by atoms with Gasteiger partial charge in [-0.2, -0.15) is 0 Å². The van der Waals surface area contributed by atoms with Crippen molar-refractivity contribution < 1.29 is 27.4 Å².